The van der Waals surface area contributed by atoms with Gasteiger partial charge in [-0.3, -0.25) is 14.4 Å². The predicted octanol–water partition coefficient (Wildman–Crippen LogP) is -0.419. The summed E-state index contributed by atoms with van der Waals surface area (Å²) in [5.74, 6) is -7.07. The van der Waals surface area contributed by atoms with Crippen molar-refractivity contribution in [3.63, 3.8) is 0 Å². The van der Waals surface area contributed by atoms with E-state index in [4.69, 9.17) is 18.9 Å². The third kappa shape index (κ3) is 3.95. The summed E-state index contributed by atoms with van der Waals surface area (Å²) in [6.07, 6.45) is -5.27. The molecule has 7 atom stereocenters. The van der Waals surface area contributed by atoms with Gasteiger partial charge in [-0.05, 0) is 43.9 Å². The van der Waals surface area contributed by atoms with E-state index in [1.807, 2.05) is 0 Å². The summed E-state index contributed by atoms with van der Waals surface area (Å²) in [7, 11) is 2.13. The molecule has 0 radical (unpaired) electrons. The zero-order valence-electron chi connectivity index (χ0n) is 23.7. The number of hydrogen-bond acceptors (Lipinski definition) is 14. The van der Waals surface area contributed by atoms with E-state index in [2.05, 4.69) is 0 Å². The Morgan fingerprint density at radius 1 is 1.07 bits per heavy atom. The molecule has 0 unspecified atom stereocenters. The normalized spacial score (nSPS) is 33.9. The topological polar surface area (TPSA) is 227 Å². The number of hydrogen-bond donors (Lipinski definition) is 6. The lowest BCUT2D eigenvalue weighted by atomic mass is 9.60. The van der Waals surface area contributed by atoms with Crippen LogP contribution in [0.3, 0.4) is 0 Å². The summed E-state index contributed by atoms with van der Waals surface area (Å²) in [5, 5.41) is 65.5. The maximum Gasteiger partial charge on any atom is 0.341 e. The molecule has 1 fully saturated rings. The van der Waals surface area contributed by atoms with E-state index in [1.54, 1.807) is 0 Å². The van der Waals surface area contributed by atoms with Crippen molar-refractivity contribution in [3.8, 4) is 11.5 Å². The molecule has 0 bridgehead atoms. The lowest BCUT2D eigenvalue weighted by molar-refractivity contribution is -0.248. The monoisotopic (exact) mass is 602 g/mol. The fraction of sp³-hybridized carbons (Fsp3) is 0.448. The second-order valence-corrected chi connectivity index (χ2v) is 11.2. The smallest absolute Gasteiger partial charge is 0.341 e. The number of aliphatic hydroxyl groups is 5. The van der Waals surface area contributed by atoms with Crippen molar-refractivity contribution in [1.29, 1.82) is 0 Å². The van der Waals surface area contributed by atoms with Crippen LogP contribution in [0.4, 0.5) is 0 Å². The van der Waals surface area contributed by atoms with Crippen LogP contribution in [0, 0.1) is 6.92 Å². The summed E-state index contributed by atoms with van der Waals surface area (Å²) in [6.45, 7) is 4.27. The van der Waals surface area contributed by atoms with Crippen molar-refractivity contribution >= 4 is 34.1 Å². The molecule has 43 heavy (non-hydrogen) atoms. The van der Waals surface area contributed by atoms with E-state index >= 15 is 0 Å². The van der Waals surface area contributed by atoms with Gasteiger partial charge in [0.15, 0.2) is 6.10 Å². The minimum Gasteiger partial charge on any atom is -0.507 e. The van der Waals surface area contributed by atoms with Crippen molar-refractivity contribution < 1.29 is 68.8 Å². The summed E-state index contributed by atoms with van der Waals surface area (Å²) in [5.41, 5.74) is -10.2. The molecule has 6 N–H and O–H groups in total. The Balaban J connectivity index is 1.74. The highest BCUT2D eigenvalue weighted by Crippen LogP contribution is 2.49. The number of aryl methyl sites for hydroxylation is 1. The molecule has 2 aromatic rings. The van der Waals surface area contributed by atoms with Gasteiger partial charge in [-0.2, -0.15) is 0 Å². The van der Waals surface area contributed by atoms with Crippen molar-refractivity contribution in [2.24, 2.45) is 0 Å². The van der Waals surface area contributed by atoms with E-state index in [9.17, 15) is 49.8 Å². The number of ether oxygens (including phenoxy) is 4. The van der Waals surface area contributed by atoms with Crippen LogP contribution in [-0.2, 0) is 19.0 Å². The van der Waals surface area contributed by atoms with Gasteiger partial charge in [0.25, 0.3) is 0 Å². The van der Waals surface area contributed by atoms with Gasteiger partial charge < -0.3 is 49.6 Å². The SMILES string of the molecule is COC(=O)c1c(O[C@H]2C[C@](C)(O)[C@H](O)[C@@H](C)O2)cc2cc3c(c(O)c2c1C)C(=O)[C@]1(O)C(=O)C=C(OC)[C@@H](O)[C@]1(O)C3=O. The fourth-order valence-corrected chi connectivity index (χ4v) is 6.15. The summed E-state index contributed by atoms with van der Waals surface area (Å²) in [6, 6.07) is 2.28. The molecule has 2 aliphatic carbocycles. The van der Waals surface area contributed by atoms with Crippen LogP contribution in [0.1, 0.15) is 56.9 Å². The zero-order valence-corrected chi connectivity index (χ0v) is 23.7. The Morgan fingerprint density at radius 3 is 2.30 bits per heavy atom. The largest absolute Gasteiger partial charge is 0.507 e. The molecule has 14 nitrogen and oxygen atoms in total. The zero-order chi connectivity index (χ0) is 32.0. The van der Waals surface area contributed by atoms with E-state index in [0.29, 0.717) is 6.08 Å². The molecule has 0 saturated carbocycles. The molecule has 1 saturated heterocycles. The first-order valence-electron chi connectivity index (χ1n) is 13.1. The predicted molar refractivity (Wildman–Crippen MR) is 143 cm³/mol. The first-order chi connectivity index (χ1) is 20.0. The van der Waals surface area contributed by atoms with Crippen LogP contribution in [0.2, 0.25) is 0 Å². The van der Waals surface area contributed by atoms with Gasteiger partial charge in [0.1, 0.15) is 28.9 Å². The van der Waals surface area contributed by atoms with Crippen LogP contribution in [0.25, 0.3) is 10.8 Å². The Hall–Kier alpha value is -3.92. The molecule has 3 aliphatic rings. The molecule has 230 valence electrons. The van der Waals surface area contributed by atoms with Gasteiger partial charge in [-0.1, -0.05) is 0 Å². The van der Waals surface area contributed by atoms with Gasteiger partial charge >= 0.3 is 5.97 Å². The highest BCUT2D eigenvalue weighted by molar-refractivity contribution is 6.35. The number of carbonyl (C=O) groups excluding carboxylic acids is 4. The van der Waals surface area contributed by atoms with Gasteiger partial charge in [0.05, 0.1) is 31.5 Å². The lowest BCUT2D eigenvalue weighted by Crippen LogP contribution is -2.76. The second kappa shape index (κ2) is 9.80. The minimum absolute atomic E-state index is 0.0000488. The van der Waals surface area contributed by atoms with Crippen molar-refractivity contribution in [1.82, 2.24) is 0 Å². The Bertz CT molecular complexity index is 1640. The molecule has 0 aromatic heterocycles. The molecular formula is C29H30O14. The van der Waals surface area contributed by atoms with Crippen LogP contribution in [0.5, 0.6) is 11.5 Å². The molecule has 2 aromatic carbocycles. The average Bonchev–Trinajstić information content (AvgIpc) is 2.94. The Labute approximate surface area is 243 Å². The number of ketones is 3. The first-order valence-corrected chi connectivity index (χ1v) is 13.1. The molecular weight excluding hydrogens is 572 g/mol. The molecule has 0 amide bonds. The van der Waals surface area contributed by atoms with Crippen LogP contribution < -0.4 is 4.74 Å². The average molecular weight is 603 g/mol. The van der Waals surface area contributed by atoms with Gasteiger partial charge in [0.2, 0.25) is 34.8 Å². The third-order valence-electron chi connectivity index (χ3n) is 8.52. The summed E-state index contributed by atoms with van der Waals surface area (Å²) < 4.78 is 21.4. The Kier molecular flexibility index (Phi) is 6.96. The number of Topliss-reactive ketones (excluding diaryl/α,β-unsaturated/α-hetero) is 2. The Morgan fingerprint density at radius 2 is 1.72 bits per heavy atom. The van der Waals surface area contributed by atoms with Gasteiger partial charge in [0, 0.05) is 23.4 Å². The first kappa shape index (κ1) is 30.5. The number of phenols is 1. The number of esters is 1. The quantitative estimate of drug-likeness (QED) is 0.193. The number of phenolic OH excluding ortho intramolecular Hbond substituents is 1. The summed E-state index contributed by atoms with van der Waals surface area (Å²) >= 11 is 0. The van der Waals surface area contributed by atoms with E-state index < -0.39 is 87.4 Å². The van der Waals surface area contributed by atoms with E-state index in [-0.39, 0.29) is 34.1 Å². The number of fused-ring (bicyclic) bond motifs is 3. The number of rotatable bonds is 4. The van der Waals surface area contributed by atoms with Gasteiger partial charge in [-0.15, -0.1) is 0 Å². The van der Waals surface area contributed by atoms with Crippen molar-refractivity contribution in [2.75, 3.05) is 14.2 Å². The highest BCUT2D eigenvalue weighted by atomic mass is 16.7. The third-order valence-corrected chi connectivity index (χ3v) is 8.52. The maximum atomic E-state index is 13.7. The van der Waals surface area contributed by atoms with E-state index in [1.165, 1.54) is 26.8 Å². The molecule has 1 aliphatic heterocycles. The number of carbonyl (C=O) groups is 4. The van der Waals surface area contributed by atoms with E-state index in [0.717, 1.165) is 20.3 Å². The number of aromatic hydroxyl groups is 1. The minimum atomic E-state index is -3.51. The standard InChI is InChI=1S/C29H30O14/c1-10-18-12(7-14(19(10)26(36)41-5)43-17-9-27(3,37)22(32)11(2)42-17)6-13-20(21(18)31)25(35)28(38)16(30)8-15(40-4)24(34)29(28,39)23(13)33/h6-8,11,17,22,24,31-32,34,37-39H,9H2,1-5H3/t11-,17+,22-,24-,27+,28-,29-/m1/s1. The van der Waals surface area contributed by atoms with Crippen LogP contribution in [0.15, 0.2) is 24.0 Å². The molecule has 1 heterocycles. The number of benzene rings is 2. The van der Waals surface area contributed by atoms with Crippen molar-refractivity contribution in [2.45, 2.75) is 68.6 Å². The van der Waals surface area contributed by atoms with Gasteiger partial charge in [-0.25, -0.2) is 4.79 Å². The number of methoxy groups -OCH3 is 2. The highest BCUT2D eigenvalue weighted by Gasteiger charge is 2.73. The molecule has 5 rings (SSSR count). The lowest BCUT2D eigenvalue weighted by Gasteiger charge is -2.47. The van der Waals surface area contributed by atoms with Crippen LogP contribution >= 0.6 is 0 Å². The maximum absolute atomic E-state index is 13.7. The number of aliphatic hydroxyl groups excluding tert-OH is 2. The summed E-state index contributed by atoms with van der Waals surface area (Å²) in [4.78, 5) is 53.3. The van der Waals surface area contributed by atoms with Crippen LogP contribution in [-0.4, -0.2) is 110 Å². The molecule has 0 spiro atoms. The molecule has 14 heteroatoms. The van der Waals surface area contributed by atoms with Crippen molar-refractivity contribution in [3.05, 3.63) is 46.2 Å². The second-order valence-electron chi connectivity index (χ2n) is 11.2. The fourth-order valence-electron chi connectivity index (χ4n) is 6.15.